The number of amidine groups is 1. The molecule has 0 bridgehead atoms. The van der Waals surface area contributed by atoms with Crippen LogP contribution >= 0.6 is 11.8 Å². The van der Waals surface area contributed by atoms with Gasteiger partial charge in [0.05, 0.1) is 5.69 Å². The van der Waals surface area contributed by atoms with Crippen molar-refractivity contribution in [1.29, 1.82) is 5.26 Å². The van der Waals surface area contributed by atoms with Crippen LogP contribution in [0.1, 0.15) is 11.1 Å². The number of nitrogens with one attached hydrogen (secondary N) is 1. The molecular weight excluding hydrogens is 363 g/mol. The summed E-state index contributed by atoms with van der Waals surface area (Å²) < 4.78 is 90.2. The number of rotatable bonds is 2. The average molecular weight is 373 g/mol. The Labute approximate surface area is 136 Å². The fourth-order valence-corrected chi connectivity index (χ4v) is 2.10. The number of nitriles is 1. The summed E-state index contributed by atoms with van der Waals surface area (Å²) in [7, 11) is 0. The van der Waals surface area contributed by atoms with Crippen LogP contribution in [0.2, 0.25) is 0 Å². The summed E-state index contributed by atoms with van der Waals surface area (Å²) in [6.07, 6.45) is -9.22. The van der Waals surface area contributed by atoms with Crippen molar-refractivity contribution < 1.29 is 30.7 Å². The van der Waals surface area contributed by atoms with Crippen molar-refractivity contribution in [2.24, 2.45) is 4.99 Å². The molecule has 1 aromatic carbocycles. The molecule has 0 aliphatic rings. The summed E-state index contributed by atoms with van der Waals surface area (Å²) in [5.74, 6) is 0. The van der Waals surface area contributed by atoms with Crippen LogP contribution in [0, 0.1) is 18.4 Å². The normalized spacial score (nSPS) is 13.6. The molecule has 0 unspecified atom stereocenters. The van der Waals surface area contributed by atoms with Gasteiger partial charge in [-0.1, -0.05) is 23.9 Å². The Morgan fingerprint density at radius 3 is 2.04 bits per heavy atom. The summed E-state index contributed by atoms with van der Waals surface area (Å²) in [5, 5.41) is 10.8. The number of halogens is 7. The van der Waals surface area contributed by atoms with Crippen LogP contribution < -0.4 is 5.32 Å². The van der Waals surface area contributed by atoms with Gasteiger partial charge in [0.15, 0.2) is 11.4 Å². The third kappa shape index (κ3) is 3.75. The second kappa shape index (κ2) is 6.88. The van der Waals surface area contributed by atoms with Crippen LogP contribution in [0.4, 0.5) is 36.4 Å². The largest absolute Gasteiger partial charge is 0.435 e. The van der Waals surface area contributed by atoms with E-state index in [4.69, 9.17) is 5.26 Å². The summed E-state index contributed by atoms with van der Waals surface area (Å²) in [6.45, 7) is 1.18. The molecule has 0 atom stereocenters. The zero-order valence-electron chi connectivity index (χ0n) is 12.2. The van der Waals surface area contributed by atoms with Crippen LogP contribution in [0.15, 0.2) is 23.2 Å². The van der Waals surface area contributed by atoms with Gasteiger partial charge in [-0.05, 0) is 24.8 Å². The SMILES string of the molecule is CSC(=Nc1ccc(C(F)(C(F)(F)F)C(F)(F)F)cc1C)NC#N. The fraction of sp³-hybridized carbons (Fsp3) is 0.385. The van der Waals surface area contributed by atoms with Gasteiger partial charge >= 0.3 is 18.0 Å². The van der Waals surface area contributed by atoms with Gasteiger partial charge in [0.2, 0.25) is 0 Å². The molecule has 24 heavy (non-hydrogen) atoms. The van der Waals surface area contributed by atoms with Crippen LogP contribution in [-0.2, 0) is 5.67 Å². The number of nitrogens with zero attached hydrogens (tertiary/aromatic N) is 2. The lowest BCUT2D eigenvalue weighted by Crippen LogP contribution is -2.50. The van der Waals surface area contributed by atoms with E-state index in [1.807, 2.05) is 0 Å². The van der Waals surface area contributed by atoms with E-state index >= 15 is 0 Å². The van der Waals surface area contributed by atoms with E-state index in [-0.39, 0.29) is 16.4 Å². The average Bonchev–Trinajstić information content (AvgIpc) is 2.45. The minimum atomic E-state index is -6.17. The zero-order chi connectivity index (χ0) is 18.8. The summed E-state index contributed by atoms with van der Waals surface area (Å²) in [4.78, 5) is 3.87. The summed E-state index contributed by atoms with van der Waals surface area (Å²) in [5.41, 5.74) is -7.19. The molecule has 0 saturated carbocycles. The molecule has 0 spiro atoms. The van der Waals surface area contributed by atoms with Crippen molar-refractivity contribution >= 4 is 22.6 Å². The maximum Gasteiger partial charge on any atom is 0.435 e. The number of benzene rings is 1. The molecular formula is C13H10F7N3S. The Morgan fingerprint density at radius 2 is 1.67 bits per heavy atom. The Morgan fingerprint density at radius 1 is 1.12 bits per heavy atom. The molecule has 0 heterocycles. The molecule has 0 aliphatic carbocycles. The van der Waals surface area contributed by atoms with E-state index in [1.165, 1.54) is 6.92 Å². The Hall–Kier alpha value is -1.96. The molecule has 0 aromatic heterocycles. The highest BCUT2D eigenvalue weighted by Crippen LogP contribution is 2.53. The predicted octanol–water partition coefficient (Wildman–Crippen LogP) is 4.71. The number of hydrogen-bond donors (Lipinski definition) is 1. The monoisotopic (exact) mass is 373 g/mol. The van der Waals surface area contributed by atoms with Crippen LogP contribution in [0.3, 0.4) is 0 Å². The lowest BCUT2D eigenvalue weighted by atomic mass is 9.92. The number of alkyl halides is 7. The molecule has 132 valence electrons. The molecule has 0 aliphatic heterocycles. The predicted molar refractivity (Wildman–Crippen MR) is 75.4 cm³/mol. The number of hydrogen-bond acceptors (Lipinski definition) is 3. The minimum Gasteiger partial charge on any atom is -0.271 e. The topological polar surface area (TPSA) is 48.2 Å². The Kier molecular flexibility index (Phi) is 5.76. The van der Waals surface area contributed by atoms with Crippen LogP contribution in [-0.4, -0.2) is 23.8 Å². The minimum absolute atomic E-state index is 0.00227. The molecule has 3 nitrogen and oxygen atoms in total. The number of thioether (sulfide) groups is 1. The smallest absolute Gasteiger partial charge is 0.271 e. The van der Waals surface area contributed by atoms with Gasteiger partial charge in [-0.3, -0.25) is 5.32 Å². The van der Waals surface area contributed by atoms with Crippen LogP contribution in [0.5, 0.6) is 0 Å². The summed E-state index contributed by atoms with van der Waals surface area (Å²) >= 11 is 0.999. The van der Waals surface area contributed by atoms with E-state index in [2.05, 4.69) is 10.3 Å². The van der Waals surface area contributed by atoms with E-state index in [9.17, 15) is 30.7 Å². The van der Waals surface area contributed by atoms with E-state index in [1.54, 1.807) is 12.4 Å². The molecule has 0 amide bonds. The highest BCUT2D eigenvalue weighted by Gasteiger charge is 2.73. The van der Waals surface area contributed by atoms with Crippen LogP contribution in [0.25, 0.3) is 0 Å². The molecule has 0 fully saturated rings. The maximum absolute atomic E-state index is 14.0. The van der Waals surface area contributed by atoms with Gasteiger partial charge in [-0.15, -0.1) is 0 Å². The van der Waals surface area contributed by atoms with Gasteiger partial charge in [0.1, 0.15) is 0 Å². The molecule has 11 heteroatoms. The first-order chi connectivity index (χ1) is 10.9. The quantitative estimate of drug-likeness (QED) is 0.269. The van der Waals surface area contributed by atoms with Gasteiger partial charge < -0.3 is 0 Å². The molecule has 0 radical (unpaired) electrons. The molecule has 1 aromatic rings. The second-order valence-corrected chi connectivity index (χ2v) is 5.31. The highest BCUT2D eigenvalue weighted by molar-refractivity contribution is 8.13. The number of aryl methyl sites for hydroxylation is 1. The first-order valence-electron chi connectivity index (χ1n) is 6.09. The van der Waals surface area contributed by atoms with Gasteiger partial charge in [0.25, 0.3) is 0 Å². The Bertz CT molecular complexity index is 660. The number of aliphatic imine (C=N–C) groups is 1. The van der Waals surface area contributed by atoms with Crippen molar-refractivity contribution in [3.05, 3.63) is 29.3 Å². The third-order valence-corrected chi connectivity index (χ3v) is 3.53. The second-order valence-electron chi connectivity index (χ2n) is 4.51. The lowest BCUT2D eigenvalue weighted by Gasteiger charge is -2.30. The zero-order valence-corrected chi connectivity index (χ0v) is 13.0. The van der Waals surface area contributed by atoms with Gasteiger partial charge in [-0.2, -0.15) is 31.6 Å². The van der Waals surface area contributed by atoms with E-state index in [0.717, 1.165) is 17.8 Å². The first-order valence-corrected chi connectivity index (χ1v) is 7.32. The van der Waals surface area contributed by atoms with Gasteiger partial charge in [0, 0.05) is 5.56 Å². The molecule has 0 saturated heterocycles. The van der Waals surface area contributed by atoms with Crippen molar-refractivity contribution in [2.45, 2.75) is 24.9 Å². The van der Waals surface area contributed by atoms with E-state index < -0.39 is 23.6 Å². The van der Waals surface area contributed by atoms with Crippen molar-refractivity contribution in [2.75, 3.05) is 6.26 Å². The summed E-state index contributed by atoms with van der Waals surface area (Å²) in [6, 6.07) is 1.63. The van der Waals surface area contributed by atoms with E-state index in [0.29, 0.717) is 12.1 Å². The standard InChI is InChI=1S/C13H10F7N3S/c1-7-5-8(11(14,12(15,16)17)13(18,19)20)3-4-9(7)23-10(24-2)22-6-21/h3-5H,1-2H3,(H,22,23). The third-order valence-electron chi connectivity index (χ3n) is 2.95. The maximum atomic E-state index is 14.0. The molecule has 1 N–H and O–H groups in total. The van der Waals surface area contributed by atoms with Gasteiger partial charge in [-0.25, -0.2) is 9.38 Å². The van der Waals surface area contributed by atoms with Crippen molar-refractivity contribution in [3.63, 3.8) is 0 Å². The Balaban J connectivity index is 3.45. The highest BCUT2D eigenvalue weighted by atomic mass is 32.2. The fourth-order valence-electron chi connectivity index (χ4n) is 1.77. The van der Waals surface area contributed by atoms with Crippen molar-refractivity contribution in [3.8, 4) is 6.19 Å². The molecule has 1 rings (SSSR count). The van der Waals surface area contributed by atoms with Crippen molar-refractivity contribution in [1.82, 2.24) is 5.32 Å². The lowest BCUT2D eigenvalue weighted by molar-refractivity contribution is -0.348. The first kappa shape index (κ1) is 20.1.